The number of hydrogen-bond donors (Lipinski definition) is 1. The van der Waals surface area contributed by atoms with Crippen LogP contribution in [-0.2, 0) is 6.54 Å². The Morgan fingerprint density at radius 1 is 1.28 bits per heavy atom. The summed E-state index contributed by atoms with van der Waals surface area (Å²) < 4.78 is 38.8. The smallest absolute Gasteiger partial charge is 0.379 e. The molecule has 2 nitrogen and oxygen atoms in total. The summed E-state index contributed by atoms with van der Waals surface area (Å²) in [4.78, 5) is 0. The SMILES string of the molecule is OC(c1ccn(CC2CCCCC2)c1)C(F)(F)F. The number of hydrogen-bond acceptors (Lipinski definition) is 1. The second-order valence-electron chi connectivity index (χ2n) is 5.09. The van der Waals surface area contributed by atoms with E-state index in [0.717, 1.165) is 19.4 Å². The van der Waals surface area contributed by atoms with E-state index in [9.17, 15) is 13.2 Å². The highest BCUT2D eigenvalue weighted by molar-refractivity contribution is 5.15. The molecule has 1 aliphatic rings. The predicted octanol–water partition coefficient (Wildman–Crippen LogP) is 3.66. The molecule has 0 aromatic carbocycles. The van der Waals surface area contributed by atoms with Crippen molar-refractivity contribution in [3.8, 4) is 0 Å². The molecule has 1 fully saturated rings. The highest BCUT2D eigenvalue weighted by Crippen LogP contribution is 2.33. The molecule has 5 heteroatoms. The summed E-state index contributed by atoms with van der Waals surface area (Å²) >= 11 is 0. The maximum absolute atomic E-state index is 12.3. The van der Waals surface area contributed by atoms with Gasteiger partial charge in [0, 0.05) is 24.5 Å². The van der Waals surface area contributed by atoms with Crippen molar-refractivity contribution in [3.63, 3.8) is 0 Å². The molecule has 0 bridgehead atoms. The standard InChI is InChI=1S/C13H18F3NO/c14-13(15,16)12(18)11-6-7-17(9-11)8-10-4-2-1-3-5-10/h6-7,9-10,12,18H,1-5,8H2. The Hall–Kier alpha value is -0.970. The van der Waals surface area contributed by atoms with Gasteiger partial charge in [-0.05, 0) is 24.8 Å². The molecule has 1 saturated carbocycles. The van der Waals surface area contributed by atoms with Gasteiger partial charge in [-0.25, -0.2) is 0 Å². The zero-order valence-corrected chi connectivity index (χ0v) is 10.2. The molecule has 2 rings (SSSR count). The van der Waals surface area contributed by atoms with Gasteiger partial charge in [0.25, 0.3) is 0 Å². The molecule has 1 aromatic rings. The lowest BCUT2D eigenvalue weighted by atomic mass is 9.89. The number of alkyl halides is 3. The number of aliphatic hydroxyl groups is 1. The largest absolute Gasteiger partial charge is 0.418 e. The first kappa shape index (κ1) is 13.5. The maximum Gasteiger partial charge on any atom is 0.418 e. The van der Waals surface area contributed by atoms with E-state index >= 15 is 0 Å². The molecular weight excluding hydrogens is 243 g/mol. The summed E-state index contributed by atoms with van der Waals surface area (Å²) in [6.45, 7) is 0.755. The zero-order chi connectivity index (χ0) is 13.2. The lowest BCUT2D eigenvalue weighted by Gasteiger charge is -2.22. The van der Waals surface area contributed by atoms with Crippen LogP contribution in [0.2, 0.25) is 0 Å². The van der Waals surface area contributed by atoms with Gasteiger partial charge in [-0.2, -0.15) is 13.2 Å². The van der Waals surface area contributed by atoms with Gasteiger partial charge in [0.05, 0.1) is 0 Å². The van der Waals surface area contributed by atoms with Crippen molar-refractivity contribution < 1.29 is 18.3 Å². The summed E-state index contributed by atoms with van der Waals surface area (Å²) in [5.41, 5.74) is -0.0710. The third-order valence-electron chi connectivity index (χ3n) is 3.59. The quantitative estimate of drug-likeness (QED) is 0.882. The number of aliphatic hydroxyl groups excluding tert-OH is 1. The predicted molar refractivity (Wildman–Crippen MR) is 62.0 cm³/mol. The van der Waals surface area contributed by atoms with E-state index in [0.29, 0.717) is 5.92 Å². The highest BCUT2D eigenvalue weighted by Gasteiger charge is 2.39. The molecule has 0 radical (unpaired) electrons. The van der Waals surface area contributed by atoms with E-state index < -0.39 is 12.3 Å². The lowest BCUT2D eigenvalue weighted by molar-refractivity contribution is -0.206. The summed E-state index contributed by atoms with van der Waals surface area (Å²) in [6, 6.07) is 1.35. The van der Waals surface area contributed by atoms with Crippen molar-refractivity contribution >= 4 is 0 Å². The molecule has 0 spiro atoms. The normalized spacial score (nSPS) is 20.0. The van der Waals surface area contributed by atoms with Crippen molar-refractivity contribution in [3.05, 3.63) is 24.0 Å². The average Bonchev–Trinajstić information content (AvgIpc) is 2.76. The molecule has 1 heterocycles. The van der Waals surface area contributed by atoms with Crippen molar-refractivity contribution in [2.75, 3.05) is 0 Å². The Labute approximate surface area is 104 Å². The molecular formula is C13H18F3NO. The fourth-order valence-electron chi connectivity index (χ4n) is 2.59. The van der Waals surface area contributed by atoms with Gasteiger partial charge in [0.1, 0.15) is 0 Å². The van der Waals surface area contributed by atoms with Crippen LogP contribution in [0.1, 0.15) is 43.8 Å². The van der Waals surface area contributed by atoms with Crippen LogP contribution in [0.15, 0.2) is 18.5 Å². The van der Waals surface area contributed by atoms with E-state index in [1.807, 2.05) is 0 Å². The van der Waals surface area contributed by atoms with Crippen molar-refractivity contribution in [1.29, 1.82) is 0 Å². The van der Waals surface area contributed by atoms with E-state index in [-0.39, 0.29) is 5.56 Å². The van der Waals surface area contributed by atoms with Gasteiger partial charge in [0.15, 0.2) is 6.10 Å². The van der Waals surface area contributed by atoms with Crippen LogP contribution in [0.3, 0.4) is 0 Å². The van der Waals surface area contributed by atoms with Gasteiger partial charge < -0.3 is 9.67 Å². The van der Waals surface area contributed by atoms with Gasteiger partial charge in [-0.3, -0.25) is 0 Å². The third kappa shape index (κ3) is 3.28. The van der Waals surface area contributed by atoms with Gasteiger partial charge in [-0.15, -0.1) is 0 Å². The lowest BCUT2D eigenvalue weighted by Crippen LogP contribution is -2.19. The first-order chi connectivity index (χ1) is 8.47. The first-order valence-electron chi connectivity index (χ1n) is 6.37. The molecule has 0 amide bonds. The summed E-state index contributed by atoms with van der Waals surface area (Å²) in [5.74, 6) is 0.557. The van der Waals surface area contributed by atoms with Gasteiger partial charge in [-0.1, -0.05) is 19.3 Å². The highest BCUT2D eigenvalue weighted by atomic mass is 19.4. The van der Waals surface area contributed by atoms with Crippen LogP contribution in [0.25, 0.3) is 0 Å². The second kappa shape index (κ2) is 5.34. The van der Waals surface area contributed by atoms with E-state index in [1.165, 1.54) is 31.5 Å². The summed E-state index contributed by atoms with van der Waals surface area (Å²) in [7, 11) is 0. The van der Waals surface area contributed by atoms with Crippen molar-refractivity contribution in [1.82, 2.24) is 4.57 Å². The Kier molecular flexibility index (Phi) is 4.00. The third-order valence-corrected chi connectivity index (χ3v) is 3.59. The minimum absolute atomic E-state index is 0.0710. The molecule has 1 aliphatic carbocycles. The zero-order valence-electron chi connectivity index (χ0n) is 10.2. The second-order valence-corrected chi connectivity index (χ2v) is 5.09. The van der Waals surface area contributed by atoms with E-state index in [2.05, 4.69) is 0 Å². The van der Waals surface area contributed by atoms with Crippen LogP contribution < -0.4 is 0 Å². The minimum atomic E-state index is -4.59. The first-order valence-corrected chi connectivity index (χ1v) is 6.37. The molecule has 0 aliphatic heterocycles. The van der Waals surface area contributed by atoms with Crippen LogP contribution in [-0.4, -0.2) is 15.8 Å². The Morgan fingerprint density at radius 3 is 2.56 bits per heavy atom. The van der Waals surface area contributed by atoms with Crippen LogP contribution in [0, 0.1) is 5.92 Å². The van der Waals surface area contributed by atoms with Gasteiger partial charge in [0.2, 0.25) is 0 Å². The topological polar surface area (TPSA) is 25.2 Å². The van der Waals surface area contributed by atoms with Crippen molar-refractivity contribution in [2.24, 2.45) is 5.92 Å². The summed E-state index contributed by atoms with van der Waals surface area (Å²) in [5, 5.41) is 9.14. The molecule has 1 unspecified atom stereocenters. The number of rotatable bonds is 3. The fraction of sp³-hybridized carbons (Fsp3) is 0.692. The fourth-order valence-corrected chi connectivity index (χ4v) is 2.59. The molecule has 1 N–H and O–H groups in total. The summed E-state index contributed by atoms with van der Waals surface area (Å²) in [6.07, 6.45) is 2.06. The van der Waals surface area contributed by atoms with Crippen molar-refractivity contribution in [2.45, 2.75) is 50.9 Å². The van der Waals surface area contributed by atoms with E-state index in [1.54, 1.807) is 10.8 Å². The monoisotopic (exact) mass is 261 g/mol. The van der Waals surface area contributed by atoms with Crippen LogP contribution >= 0.6 is 0 Å². The number of nitrogens with zero attached hydrogens (tertiary/aromatic N) is 1. The molecule has 102 valence electrons. The minimum Gasteiger partial charge on any atom is -0.379 e. The van der Waals surface area contributed by atoms with E-state index in [4.69, 9.17) is 5.11 Å². The van der Waals surface area contributed by atoms with Gasteiger partial charge >= 0.3 is 6.18 Å². The Morgan fingerprint density at radius 2 is 1.94 bits per heavy atom. The van der Waals surface area contributed by atoms with Crippen LogP contribution in [0.4, 0.5) is 13.2 Å². The molecule has 1 aromatic heterocycles. The average molecular weight is 261 g/mol. The molecule has 1 atom stereocenters. The maximum atomic E-state index is 12.3. The molecule has 0 saturated heterocycles. The molecule has 18 heavy (non-hydrogen) atoms. The number of halogens is 3. The number of aromatic nitrogens is 1. The Bertz CT molecular complexity index is 380. The Balaban J connectivity index is 1.97. The van der Waals surface area contributed by atoms with Crippen LogP contribution in [0.5, 0.6) is 0 Å².